The summed E-state index contributed by atoms with van der Waals surface area (Å²) in [6, 6.07) is 0.684. The van der Waals surface area contributed by atoms with E-state index in [-0.39, 0.29) is 6.10 Å². The van der Waals surface area contributed by atoms with E-state index in [2.05, 4.69) is 12.2 Å². The van der Waals surface area contributed by atoms with Crippen molar-refractivity contribution in [1.29, 1.82) is 0 Å². The van der Waals surface area contributed by atoms with Gasteiger partial charge in [-0.05, 0) is 32.2 Å². The molecule has 1 saturated heterocycles. The van der Waals surface area contributed by atoms with Crippen LogP contribution in [0.5, 0.6) is 0 Å². The van der Waals surface area contributed by atoms with Gasteiger partial charge in [-0.1, -0.05) is 64.7 Å². The number of hydrogen-bond acceptors (Lipinski definition) is 3. The van der Waals surface area contributed by atoms with Gasteiger partial charge in [0.05, 0.1) is 6.10 Å². The molecule has 0 spiro atoms. The van der Waals surface area contributed by atoms with Crippen molar-refractivity contribution in [2.45, 2.75) is 109 Å². The Hall–Kier alpha value is -0.120. The van der Waals surface area contributed by atoms with E-state index >= 15 is 0 Å². The SMILES string of the molecule is CCCCCCCCCCC(N)CCCC1NCCC1O. The monoisotopic (exact) mass is 298 g/mol. The first-order valence-corrected chi connectivity index (χ1v) is 9.41. The fraction of sp³-hybridized carbons (Fsp3) is 1.00. The maximum absolute atomic E-state index is 9.74. The van der Waals surface area contributed by atoms with Gasteiger partial charge in [0.25, 0.3) is 0 Å². The maximum Gasteiger partial charge on any atom is 0.0705 e. The van der Waals surface area contributed by atoms with Gasteiger partial charge < -0.3 is 16.2 Å². The minimum atomic E-state index is -0.131. The topological polar surface area (TPSA) is 58.3 Å². The van der Waals surface area contributed by atoms with Gasteiger partial charge >= 0.3 is 0 Å². The molecule has 1 fully saturated rings. The Balaban J connectivity index is 1.84. The van der Waals surface area contributed by atoms with E-state index in [9.17, 15) is 5.11 Å². The van der Waals surface area contributed by atoms with E-state index in [1.807, 2.05) is 0 Å². The highest BCUT2D eigenvalue weighted by Gasteiger charge is 2.23. The van der Waals surface area contributed by atoms with E-state index in [0.29, 0.717) is 12.1 Å². The van der Waals surface area contributed by atoms with Gasteiger partial charge in [-0.15, -0.1) is 0 Å². The Morgan fingerprint density at radius 2 is 1.62 bits per heavy atom. The van der Waals surface area contributed by atoms with Crippen LogP contribution >= 0.6 is 0 Å². The summed E-state index contributed by atoms with van der Waals surface area (Å²) >= 11 is 0. The van der Waals surface area contributed by atoms with Gasteiger partial charge in [0, 0.05) is 12.1 Å². The Morgan fingerprint density at radius 1 is 1.00 bits per heavy atom. The number of aliphatic hydroxyl groups is 1. The molecule has 3 heteroatoms. The predicted molar refractivity (Wildman–Crippen MR) is 91.5 cm³/mol. The minimum absolute atomic E-state index is 0.131. The molecular weight excluding hydrogens is 260 g/mol. The first-order chi connectivity index (χ1) is 10.2. The predicted octanol–water partition coefficient (Wildman–Crippen LogP) is 3.74. The highest BCUT2D eigenvalue weighted by atomic mass is 16.3. The van der Waals surface area contributed by atoms with Crippen LogP contribution in [0.15, 0.2) is 0 Å². The van der Waals surface area contributed by atoms with Crippen molar-refractivity contribution in [3.63, 3.8) is 0 Å². The number of rotatable bonds is 13. The van der Waals surface area contributed by atoms with Crippen molar-refractivity contribution in [3.05, 3.63) is 0 Å². The Morgan fingerprint density at radius 3 is 2.24 bits per heavy atom. The van der Waals surface area contributed by atoms with E-state index in [1.165, 1.54) is 57.8 Å². The molecule has 0 amide bonds. The lowest BCUT2D eigenvalue weighted by Gasteiger charge is -2.16. The Kier molecular flexibility index (Phi) is 11.2. The lowest BCUT2D eigenvalue weighted by atomic mass is 9.99. The zero-order valence-corrected chi connectivity index (χ0v) is 14.2. The van der Waals surface area contributed by atoms with E-state index < -0.39 is 0 Å². The van der Waals surface area contributed by atoms with Crippen LogP contribution in [0.25, 0.3) is 0 Å². The standard InChI is InChI=1S/C18H38N2O/c1-2-3-4-5-6-7-8-9-11-16(19)12-10-13-17-18(21)14-15-20-17/h16-18,20-21H,2-15,19H2,1H3. The molecule has 4 N–H and O–H groups in total. The normalized spacial score (nSPS) is 23.6. The second kappa shape index (κ2) is 12.4. The van der Waals surface area contributed by atoms with E-state index in [4.69, 9.17) is 5.73 Å². The fourth-order valence-corrected chi connectivity index (χ4v) is 3.33. The third-order valence-electron chi connectivity index (χ3n) is 4.83. The van der Waals surface area contributed by atoms with Gasteiger partial charge in [-0.2, -0.15) is 0 Å². The molecule has 0 aromatic rings. The molecule has 1 aliphatic rings. The molecule has 0 radical (unpaired) electrons. The average Bonchev–Trinajstić information content (AvgIpc) is 2.87. The summed E-state index contributed by atoms with van der Waals surface area (Å²) in [5.74, 6) is 0. The number of unbranched alkanes of at least 4 members (excludes halogenated alkanes) is 7. The number of aliphatic hydroxyl groups excluding tert-OH is 1. The second-order valence-electron chi connectivity index (χ2n) is 6.87. The van der Waals surface area contributed by atoms with Gasteiger partial charge in [0.1, 0.15) is 0 Å². The Bertz CT molecular complexity index is 235. The van der Waals surface area contributed by atoms with Crippen LogP contribution in [-0.2, 0) is 0 Å². The molecule has 126 valence electrons. The molecule has 1 rings (SSSR count). The number of nitrogens with one attached hydrogen (secondary N) is 1. The minimum Gasteiger partial charge on any atom is -0.391 e. The largest absolute Gasteiger partial charge is 0.391 e. The fourth-order valence-electron chi connectivity index (χ4n) is 3.33. The maximum atomic E-state index is 9.74. The van der Waals surface area contributed by atoms with Crippen LogP contribution in [0, 0.1) is 0 Å². The summed E-state index contributed by atoms with van der Waals surface area (Å²) in [4.78, 5) is 0. The molecule has 0 saturated carbocycles. The Labute approximate surface area is 132 Å². The van der Waals surface area contributed by atoms with Crippen LogP contribution in [0.3, 0.4) is 0 Å². The third kappa shape index (κ3) is 9.49. The quantitative estimate of drug-likeness (QED) is 0.454. The molecule has 0 aliphatic carbocycles. The molecular formula is C18H38N2O. The van der Waals surface area contributed by atoms with E-state index in [1.54, 1.807) is 0 Å². The van der Waals surface area contributed by atoms with Crippen LogP contribution in [0.2, 0.25) is 0 Å². The van der Waals surface area contributed by atoms with Crippen molar-refractivity contribution in [3.8, 4) is 0 Å². The zero-order valence-electron chi connectivity index (χ0n) is 14.2. The van der Waals surface area contributed by atoms with Crippen molar-refractivity contribution in [2.24, 2.45) is 5.73 Å². The van der Waals surface area contributed by atoms with Crippen molar-refractivity contribution in [2.75, 3.05) is 6.54 Å². The van der Waals surface area contributed by atoms with Gasteiger partial charge in [-0.3, -0.25) is 0 Å². The third-order valence-corrected chi connectivity index (χ3v) is 4.83. The highest BCUT2D eigenvalue weighted by molar-refractivity contribution is 4.83. The van der Waals surface area contributed by atoms with Gasteiger partial charge in [0.2, 0.25) is 0 Å². The van der Waals surface area contributed by atoms with E-state index in [0.717, 1.165) is 32.2 Å². The summed E-state index contributed by atoms with van der Waals surface area (Å²) in [7, 11) is 0. The molecule has 3 nitrogen and oxygen atoms in total. The van der Waals surface area contributed by atoms with Gasteiger partial charge in [0.15, 0.2) is 0 Å². The molecule has 0 bridgehead atoms. The zero-order chi connectivity index (χ0) is 15.3. The van der Waals surface area contributed by atoms with Crippen molar-refractivity contribution >= 4 is 0 Å². The molecule has 21 heavy (non-hydrogen) atoms. The summed E-state index contributed by atoms with van der Waals surface area (Å²) in [5, 5.41) is 13.1. The molecule has 1 aliphatic heterocycles. The molecule has 0 aromatic heterocycles. The first-order valence-electron chi connectivity index (χ1n) is 9.41. The average molecular weight is 299 g/mol. The summed E-state index contributed by atoms with van der Waals surface area (Å²) in [6.07, 6.45) is 16.3. The summed E-state index contributed by atoms with van der Waals surface area (Å²) in [6.45, 7) is 3.24. The smallest absolute Gasteiger partial charge is 0.0705 e. The summed E-state index contributed by atoms with van der Waals surface area (Å²) in [5.41, 5.74) is 6.19. The van der Waals surface area contributed by atoms with Crippen LogP contribution < -0.4 is 11.1 Å². The molecule has 3 atom stereocenters. The van der Waals surface area contributed by atoms with Crippen LogP contribution in [-0.4, -0.2) is 29.8 Å². The molecule has 1 heterocycles. The van der Waals surface area contributed by atoms with Crippen LogP contribution in [0.1, 0.15) is 90.4 Å². The number of hydrogen-bond donors (Lipinski definition) is 3. The van der Waals surface area contributed by atoms with Crippen molar-refractivity contribution in [1.82, 2.24) is 5.32 Å². The lowest BCUT2D eigenvalue weighted by molar-refractivity contribution is 0.153. The number of nitrogens with two attached hydrogens (primary N) is 1. The second-order valence-corrected chi connectivity index (χ2v) is 6.87. The van der Waals surface area contributed by atoms with Crippen molar-refractivity contribution < 1.29 is 5.11 Å². The first kappa shape index (κ1) is 18.9. The van der Waals surface area contributed by atoms with Gasteiger partial charge in [-0.25, -0.2) is 0 Å². The summed E-state index contributed by atoms with van der Waals surface area (Å²) < 4.78 is 0. The van der Waals surface area contributed by atoms with Crippen LogP contribution in [0.4, 0.5) is 0 Å². The molecule has 0 aromatic carbocycles. The highest BCUT2D eigenvalue weighted by Crippen LogP contribution is 2.16. The lowest BCUT2D eigenvalue weighted by Crippen LogP contribution is -2.30. The molecule has 3 unspecified atom stereocenters.